The first kappa shape index (κ1) is 13.0. The Morgan fingerprint density at radius 2 is 1.94 bits per heavy atom. The number of hydrogen-bond acceptors (Lipinski definition) is 5. The lowest BCUT2D eigenvalue weighted by atomic mass is 10.0. The Morgan fingerprint density at radius 3 is 2.50 bits per heavy atom. The van der Waals surface area contributed by atoms with Gasteiger partial charge >= 0.3 is 0 Å². The van der Waals surface area contributed by atoms with Crippen LogP contribution in [-0.2, 0) is 6.42 Å². The first-order chi connectivity index (χ1) is 8.66. The number of benzene rings is 1. The highest BCUT2D eigenvalue weighted by molar-refractivity contribution is 7.09. The lowest BCUT2D eigenvalue weighted by molar-refractivity contribution is 0.842. The number of hydrogen-bond donors (Lipinski definition) is 0. The molecule has 0 saturated carbocycles. The molecule has 18 heavy (non-hydrogen) atoms. The Labute approximate surface area is 112 Å². The molecule has 1 heterocycles. The minimum absolute atomic E-state index is 0.592. The Hall–Kier alpha value is -1.49. The molecule has 0 saturated heterocycles. The fraction of sp³-hybridized carbons (Fsp3) is 0.462. The molecule has 0 unspecified atom stereocenters. The van der Waals surface area contributed by atoms with Gasteiger partial charge in [0.15, 0.2) is 0 Å². The van der Waals surface area contributed by atoms with Gasteiger partial charge in [-0.25, -0.2) is 0 Å². The standard InChI is InChI=1S/C13H18N4S/c1-10(2)12-6-4-11(5-7-12)8-9-17(3)13-14-15-16-18-13/h4-7,10H,8-9H2,1-3H3. The van der Waals surface area contributed by atoms with Crippen molar-refractivity contribution in [1.82, 2.24) is 14.8 Å². The van der Waals surface area contributed by atoms with Crippen LogP contribution >= 0.6 is 11.5 Å². The average molecular weight is 262 g/mol. The summed E-state index contributed by atoms with van der Waals surface area (Å²) < 4.78 is 3.77. The summed E-state index contributed by atoms with van der Waals surface area (Å²) in [7, 11) is 2.02. The van der Waals surface area contributed by atoms with Crippen LogP contribution < -0.4 is 4.90 Å². The molecular weight excluding hydrogens is 244 g/mol. The summed E-state index contributed by atoms with van der Waals surface area (Å²) >= 11 is 1.33. The molecular formula is C13H18N4S. The fourth-order valence-corrected chi connectivity index (χ4v) is 2.19. The summed E-state index contributed by atoms with van der Waals surface area (Å²) in [6.45, 7) is 5.36. The highest BCUT2D eigenvalue weighted by atomic mass is 32.1. The Morgan fingerprint density at radius 1 is 1.22 bits per heavy atom. The van der Waals surface area contributed by atoms with E-state index in [0.717, 1.165) is 18.1 Å². The number of nitrogens with zero attached hydrogens (tertiary/aromatic N) is 4. The molecule has 0 aliphatic carbocycles. The second kappa shape index (κ2) is 5.91. The summed E-state index contributed by atoms with van der Waals surface area (Å²) in [5.74, 6) is 0.592. The van der Waals surface area contributed by atoms with Crippen molar-refractivity contribution in [3.8, 4) is 0 Å². The van der Waals surface area contributed by atoms with Crippen LogP contribution in [0.25, 0.3) is 0 Å². The van der Waals surface area contributed by atoms with Crippen LogP contribution in [0.3, 0.4) is 0 Å². The molecule has 1 aromatic heterocycles. The van der Waals surface area contributed by atoms with Gasteiger partial charge in [0.25, 0.3) is 0 Å². The first-order valence-electron chi connectivity index (χ1n) is 6.12. The Bertz CT molecular complexity index is 464. The average Bonchev–Trinajstić information content (AvgIpc) is 2.90. The Balaban J connectivity index is 1.90. The van der Waals surface area contributed by atoms with E-state index in [1.54, 1.807) is 0 Å². The maximum absolute atomic E-state index is 3.95. The molecule has 0 spiro atoms. The first-order valence-corrected chi connectivity index (χ1v) is 6.89. The molecule has 96 valence electrons. The zero-order valence-corrected chi connectivity index (χ0v) is 11.8. The topological polar surface area (TPSA) is 41.9 Å². The monoisotopic (exact) mass is 262 g/mol. The van der Waals surface area contributed by atoms with Crippen LogP contribution in [0.2, 0.25) is 0 Å². The van der Waals surface area contributed by atoms with Gasteiger partial charge in [-0.3, -0.25) is 0 Å². The molecule has 0 N–H and O–H groups in total. The molecule has 5 heteroatoms. The van der Waals surface area contributed by atoms with E-state index in [1.807, 2.05) is 7.05 Å². The van der Waals surface area contributed by atoms with E-state index in [2.05, 4.69) is 57.8 Å². The van der Waals surface area contributed by atoms with E-state index in [4.69, 9.17) is 0 Å². The van der Waals surface area contributed by atoms with E-state index in [-0.39, 0.29) is 0 Å². The molecule has 0 bridgehead atoms. The molecule has 0 radical (unpaired) electrons. The van der Waals surface area contributed by atoms with Crippen molar-refractivity contribution in [3.05, 3.63) is 35.4 Å². The van der Waals surface area contributed by atoms with Crippen LogP contribution in [0.4, 0.5) is 5.13 Å². The highest BCUT2D eigenvalue weighted by Crippen LogP contribution is 2.16. The number of likely N-dealkylation sites (N-methyl/N-ethyl adjacent to an activating group) is 1. The lowest BCUT2D eigenvalue weighted by Gasteiger charge is -2.14. The third kappa shape index (κ3) is 3.26. The summed E-state index contributed by atoms with van der Waals surface area (Å²) in [6.07, 6.45) is 1.01. The van der Waals surface area contributed by atoms with Gasteiger partial charge in [-0.2, -0.15) is 0 Å². The van der Waals surface area contributed by atoms with Gasteiger partial charge in [0.1, 0.15) is 0 Å². The minimum atomic E-state index is 0.592. The van der Waals surface area contributed by atoms with E-state index in [1.165, 1.54) is 22.7 Å². The van der Waals surface area contributed by atoms with Crippen molar-refractivity contribution < 1.29 is 0 Å². The molecule has 2 aromatic rings. The van der Waals surface area contributed by atoms with Gasteiger partial charge in [0.05, 0.1) is 0 Å². The molecule has 0 atom stereocenters. The van der Waals surface area contributed by atoms with Crippen molar-refractivity contribution in [2.45, 2.75) is 26.2 Å². The molecule has 2 rings (SSSR count). The highest BCUT2D eigenvalue weighted by Gasteiger charge is 2.05. The number of anilines is 1. The number of rotatable bonds is 5. The number of aromatic nitrogens is 3. The van der Waals surface area contributed by atoms with Gasteiger partial charge in [0.2, 0.25) is 5.13 Å². The summed E-state index contributed by atoms with van der Waals surface area (Å²) in [5, 5.41) is 8.42. The SMILES string of the molecule is CC(C)c1ccc(CCN(C)c2nnns2)cc1. The third-order valence-electron chi connectivity index (χ3n) is 3.00. The van der Waals surface area contributed by atoms with E-state index < -0.39 is 0 Å². The largest absolute Gasteiger partial charge is 0.348 e. The smallest absolute Gasteiger partial charge is 0.227 e. The minimum Gasteiger partial charge on any atom is -0.348 e. The van der Waals surface area contributed by atoms with E-state index in [9.17, 15) is 0 Å². The van der Waals surface area contributed by atoms with Crippen LogP contribution in [0, 0.1) is 0 Å². The molecule has 0 aliphatic heterocycles. The van der Waals surface area contributed by atoms with Gasteiger partial charge < -0.3 is 4.90 Å². The van der Waals surface area contributed by atoms with Crippen LogP contribution in [0.5, 0.6) is 0 Å². The van der Waals surface area contributed by atoms with Crippen molar-refractivity contribution in [2.24, 2.45) is 0 Å². The van der Waals surface area contributed by atoms with E-state index in [0.29, 0.717) is 5.92 Å². The predicted molar refractivity (Wildman–Crippen MR) is 75.2 cm³/mol. The van der Waals surface area contributed by atoms with Crippen LogP contribution in [0.15, 0.2) is 24.3 Å². The Kier molecular flexibility index (Phi) is 4.25. The van der Waals surface area contributed by atoms with Crippen molar-refractivity contribution in [1.29, 1.82) is 0 Å². The second-order valence-corrected chi connectivity index (χ2v) is 5.42. The molecule has 0 aliphatic rings. The van der Waals surface area contributed by atoms with Gasteiger partial charge in [-0.05, 0) is 28.7 Å². The maximum atomic E-state index is 3.95. The van der Waals surface area contributed by atoms with E-state index >= 15 is 0 Å². The molecule has 0 amide bonds. The van der Waals surface area contributed by atoms with Crippen molar-refractivity contribution in [3.63, 3.8) is 0 Å². The molecule has 1 aromatic carbocycles. The van der Waals surface area contributed by atoms with Gasteiger partial charge in [-0.15, -0.1) is 0 Å². The van der Waals surface area contributed by atoms with Crippen LogP contribution in [0.1, 0.15) is 30.9 Å². The van der Waals surface area contributed by atoms with Crippen LogP contribution in [-0.4, -0.2) is 28.4 Å². The van der Waals surface area contributed by atoms with Crippen molar-refractivity contribution in [2.75, 3.05) is 18.5 Å². The normalized spacial score (nSPS) is 10.9. The van der Waals surface area contributed by atoms with Gasteiger partial charge in [-0.1, -0.05) is 47.7 Å². The quantitative estimate of drug-likeness (QED) is 0.831. The van der Waals surface area contributed by atoms with Crippen molar-refractivity contribution >= 4 is 16.7 Å². The summed E-state index contributed by atoms with van der Waals surface area (Å²) in [4.78, 5) is 2.08. The maximum Gasteiger partial charge on any atom is 0.227 e. The summed E-state index contributed by atoms with van der Waals surface area (Å²) in [6, 6.07) is 8.85. The third-order valence-corrected chi connectivity index (χ3v) is 3.71. The predicted octanol–water partition coefficient (Wildman–Crippen LogP) is 2.74. The zero-order chi connectivity index (χ0) is 13.0. The molecule has 0 fully saturated rings. The second-order valence-electron chi connectivity index (χ2n) is 4.71. The van der Waals surface area contributed by atoms with Gasteiger partial charge in [0, 0.05) is 25.1 Å². The lowest BCUT2D eigenvalue weighted by Crippen LogP contribution is -2.20. The fourth-order valence-electron chi connectivity index (χ4n) is 1.74. The zero-order valence-electron chi connectivity index (χ0n) is 11.0. The summed E-state index contributed by atoms with van der Waals surface area (Å²) in [5.41, 5.74) is 2.74. The molecule has 4 nitrogen and oxygen atoms in total.